The van der Waals surface area contributed by atoms with Gasteiger partial charge >= 0.3 is 0 Å². The minimum Gasteiger partial charge on any atom is -0.286 e. The predicted octanol–water partition coefficient (Wildman–Crippen LogP) is 0.778. The third-order valence-corrected chi connectivity index (χ3v) is 2.87. The fraction of sp³-hybridized carbons (Fsp3) is 0.273. The number of hydrazine groups is 1. The molecule has 3 rings (SSSR count). The minimum atomic E-state index is 0.315. The largest absolute Gasteiger partial charge is 0.286 e. The topological polar surface area (TPSA) is 36.1 Å². The summed E-state index contributed by atoms with van der Waals surface area (Å²) in [5, 5.41) is 3.37. The fourth-order valence-electron chi connectivity index (χ4n) is 2.16. The van der Waals surface area contributed by atoms with E-state index in [2.05, 4.69) is 52.6 Å². The van der Waals surface area contributed by atoms with Crippen LogP contribution in [-0.2, 0) is 0 Å². The second-order valence-electron chi connectivity index (χ2n) is 3.69. The molecule has 0 aromatic heterocycles. The van der Waals surface area contributed by atoms with Crippen molar-refractivity contribution in [1.29, 1.82) is 0 Å². The summed E-state index contributed by atoms with van der Waals surface area (Å²) in [7, 11) is 0. The van der Waals surface area contributed by atoms with Crippen molar-refractivity contribution in [2.75, 3.05) is 6.67 Å². The quantitative estimate of drug-likeness (QED) is 0.608. The highest BCUT2D eigenvalue weighted by molar-refractivity contribution is 5.62. The molecule has 1 heterocycles. The first-order valence-electron chi connectivity index (χ1n) is 4.94. The van der Waals surface area contributed by atoms with Gasteiger partial charge in [0.1, 0.15) is 0 Å². The van der Waals surface area contributed by atoms with Crippen LogP contribution >= 0.6 is 0 Å². The summed E-state index contributed by atoms with van der Waals surface area (Å²) >= 11 is 0. The van der Waals surface area contributed by atoms with Crippen molar-refractivity contribution in [2.24, 2.45) is 0 Å². The number of benzene rings is 1. The van der Waals surface area contributed by atoms with Crippen molar-refractivity contribution in [3.63, 3.8) is 0 Å². The minimum absolute atomic E-state index is 0.315. The van der Waals surface area contributed by atoms with Crippen molar-refractivity contribution >= 4 is 6.08 Å². The smallest absolute Gasteiger partial charge is 0.0819 e. The Morgan fingerprint density at radius 3 is 3.00 bits per heavy atom. The molecule has 3 nitrogen and oxygen atoms in total. The van der Waals surface area contributed by atoms with E-state index < -0.39 is 0 Å². The van der Waals surface area contributed by atoms with Crippen LogP contribution in [0, 0.1) is 0 Å². The molecule has 0 spiro atoms. The highest BCUT2D eigenvalue weighted by Gasteiger charge is 2.27. The van der Waals surface area contributed by atoms with Gasteiger partial charge in [0.05, 0.1) is 12.8 Å². The fourth-order valence-corrected chi connectivity index (χ4v) is 2.16. The second-order valence-corrected chi connectivity index (χ2v) is 3.69. The third-order valence-electron chi connectivity index (χ3n) is 2.87. The number of rotatable bonds is 1. The molecule has 0 bridgehead atoms. The molecule has 1 aromatic rings. The van der Waals surface area contributed by atoms with E-state index in [9.17, 15) is 0 Å². The van der Waals surface area contributed by atoms with Gasteiger partial charge < -0.3 is 0 Å². The number of hydrogen-bond donors (Lipinski definition) is 3. The molecule has 72 valence electrons. The van der Waals surface area contributed by atoms with Gasteiger partial charge in [-0.05, 0) is 11.1 Å². The van der Waals surface area contributed by atoms with Crippen LogP contribution in [0.5, 0.6) is 0 Å². The van der Waals surface area contributed by atoms with Crippen LogP contribution < -0.4 is 16.2 Å². The predicted molar refractivity (Wildman–Crippen MR) is 56.3 cm³/mol. The van der Waals surface area contributed by atoms with Crippen LogP contribution in [0.2, 0.25) is 0 Å². The van der Waals surface area contributed by atoms with Crippen LogP contribution in [0.3, 0.4) is 0 Å². The standard InChI is InChI=1S/C11H13N3/c1-2-4-9-8(3-1)5-6-10(9)11-12-7-13-14-11/h1-6,10-14H,7H2. The molecule has 0 saturated carbocycles. The lowest BCUT2D eigenvalue weighted by Crippen LogP contribution is -2.38. The second kappa shape index (κ2) is 3.20. The van der Waals surface area contributed by atoms with Crippen LogP contribution in [0.15, 0.2) is 30.3 Å². The van der Waals surface area contributed by atoms with Gasteiger partial charge in [-0.25, -0.2) is 10.9 Å². The van der Waals surface area contributed by atoms with E-state index in [4.69, 9.17) is 0 Å². The summed E-state index contributed by atoms with van der Waals surface area (Å²) in [5.74, 6) is 0.446. The summed E-state index contributed by atoms with van der Waals surface area (Å²) in [6.45, 7) is 0.831. The van der Waals surface area contributed by atoms with Gasteiger partial charge in [-0.2, -0.15) is 0 Å². The lowest BCUT2D eigenvalue weighted by atomic mass is 9.98. The Morgan fingerprint density at radius 1 is 1.21 bits per heavy atom. The van der Waals surface area contributed by atoms with Crippen LogP contribution in [-0.4, -0.2) is 12.8 Å². The molecule has 1 fully saturated rings. The average Bonchev–Trinajstić information content (AvgIpc) is 2.85. The molecule has 3 N–H and O–H groups in total. The molecule has 1 saturated heterocycles. The van der Waals surface area contributed by atoms with E-state index in [0.717, 1.165) is 6.67 Å². The van der Waals surface area contributed by atoms with Gasteiger partial charge in [0.25, 0.3) is 0 Å². The molecule has 14 heavy (non-hydrogen) atoms. The zero-order valence-electron chi connectivity index (χ0n) is 7.83. The first-order valence-corrected chi connectivity index (χ1v) is 4.94. The molecule has 1 aromatic carbocycles. The van der Waals surface area contributed by atoms with Gasteiger partial charge in [0, 0.05) is 5.92 Å². The van der Waals surface area contributed by atoms with Gasteiger partial charge in [0.2, 0.25) is 0 Å². The molecular weight excluding hydrogens is 174 g/mol. The van der Waals surface area contributed by atoms with E-state index in [-0.39, 0.29) is 0 Å². The van der Waals surface area contributed by atoms with E-state index >= 15 is 0 Å². The van der Waals surface area contributed by atoms with E-state index in [0.29, 0.717) is 12.1 Å². The summed E-state index contributed by atoms with van der Waals surface area (Å²) in [6, 6.07) is 8.54. The maximum atomic E-state index is 3.37. The van der Waals surface area contributed by atoms with E-state index in [1.165, 1.54) is 11.1 Å². The third kappa shape index (κ3) is 1.18. The molecule has 2 aliphatic rings. The summed E-state index contributed by atoms with van der Waals surface area (Å²) < 4.78 is 0. The highest BCUT2D eigenvalue weighted by atomic mass is 15.5. The molecule has 0 amide bonds. The van der Waals surface area contributed by atoms with Crippen molar-refractivity contribution in [3.05, 3.63) is 41.5 Å². The molecule has 0 radical (unpaired) electrons. The van der Waals surface area contributed by atoms with Crippen molar-refractivity contribution in [3.8, 4) is 0 Å². The van der Waals surface area contributed by atoms with Gasteiger partial charge in [-0.1, -0.05) is 36.4 Å². The Labute approximate surface area is 83.2 Å². The maximum absolute atomic E-state index is 3.37. The van der Waals surface area contributed by atoms with Crippen LogP contribution in [0.1, 0.15) is 17.0 Å². The summed E-state index contributed by atoms with van der Waals surface area (Å²) in [6.07, 6.45) is 4.76. The Morgan fingerprint density at radius 2 is 2.14 bits per heavy atom. The van der Waals surface area contributed by atoms with Crippen molar-refractivity contribution in [1.82, 2.24) is 16.2 Å². The van der Waals surface area contributed by atoms with E-state index in [1.807, 2.05) is 0 Å². The van der Waals surface area contributed by atoms with E-state index in [1.54, 1.807) is 0 Å². The summed E-state index contributed by atoms with van der Waals surface area (Å²) in [5.41, 5.74) is 9.06. The number of hydrogen-bond acceptors (Lipinski definition) is 3. The Hall–Kier alpha value is -1.16. The van der Waals surface area contributed by atoms with Crippen molar-refractivity contribution in [2.45, 2.75) is 12.1 Å². The highest BCUT2D eigenvalue weighted by Crippen LogP contribution is 2.31. The molecule has 3 heteroatoms. The van der Waals surface area contributed by atoms with Crippen LogP contribution in [0.4, 0.5) is 0 Å². The average molecular weight is 187 g/mol. The Bertz CT molecular complexity index is 367. The van der Waals surface area contributed by atoms with Gasteiger partial charge in [-0.15, -0.1) is 0 Å². The Balaban J connectivity index is 1.93. The zero-order valence-corrected chi connectivity index (χ0v) is 7.83. The van der Waals surface area contributed by atoms with Gasteiger partial charge in [-0.3, -0.25) is 5.32 Å². The maximum Gasteiger partial charge on any atom is 0.0819 e. The molecule has 2 unspecified atom stereocenters. The summed E-state index contributed by atoms with van der Waals surface area (Å²) in [4.78, 5) is 0. The molecule has 2 atom stereocenters. The molecule has 1 aliphatic heterocycles. The Kier molecular flexibility index (Phi) is 1.87. The lowest BCUT2D eigenvalue weighted by molar-refractivity contribution is 0.488. The number of fused-ring (bicyclic) bond motifs is 1. The van der Waals surface area contributed by atoms with Crippen LogP contribution in [0.25, 0.3) is 6.08 Å². The molecular formula is C11H13N3. The number of nitrogens with one attached hydrogen (secondary N) is 3. The van der Waals surface area contributed by atoms with Gasteiger partial charge in [0.15, 0.2) is 0 Å². The first kappa shape index (κ1) is 8.17. The first-order chi connectivity index (χ1) is 6.95. The zero-order chi connectivity index (χ0) is 9.38. The monoisotopic (exact) mass is 187 g/mol. The SMILES string of the molecule is C1=CC(C2NCNN2)c2ccccc21. The normalized spacial score (nSPS) is 29.4. The van der Waals surface area contributed by atoms with Crippen molar-refractivity contribution < 1.29 is 0 Å². The lowest BCUT2D eigenvalue weighted by Gasteiger charge is -2.18. The molecule has 1 aliphatic carbocycles.